The fourth-order valence-corrected chi connectivity index (χ4v) is 3.83. The first-order valence-electron chi connectivity index (χ1n) is 5.89. The van der Waals surface area contributed by atoms with Gasteiger partial charge in [-0.25, -0.2) is 8.42 Å². The number of hydrogen-bond donors (Lipinski definition) is 1. The Labute approximate surface area is 104 Å². The molecule has 8 heteroatoms. The summed E-state index contributed by atoms with van der Waals surface area (Å²) in [5.74, 6) is -0.341. The zero-order chi connectivity index (χ0) is 13.6. The Morgan fingerprint density at radius 1 is 1.28 bits per heavy atom. The van der Waals surface area contributed by atoms with Gasteiger partial charge in [0.25, 0.3) is 0 Å². The average molecular weight is 287 g/mol. The molecule has 1 saturated heterocycles. The molecule has 0 amide bonds. The van der Waals surface area contributed by atoms with Crippen LogP contribution >= 0.6 is 0 Å². The Hall–Kier alpha value is -0.340. The van der Waals surface area contributed by atoms with Crippen molar-refractivity contribution in [1.29, 1.82) is 0 Å². The highest BCUT2D eigenvalue weighted by molar-refractivity contribution is 7.89. The molecule has 0 aromatic rings. The first kappa shape index (κ1) is 14.1. The van der Waals surface area contributed by atoms with Crippen molar-refractivity contribution in [3.8, 4) is 0 Å². The lowest BCUT2D eigenvalue weighted by Gasteiger charge is -2.45. The van der Waals surface area contributed by atoms with Crippen molar-refractivity contribution in [1.82, 2.24) is 4.31 Å². The van der Waals surface area contributed by atoms with Gasteiger partial charge in [0.2, 0.25) is 10.0 Å². The van der Waals surface area contributed by atoms with Crippen LogP contribution in [0.1, 0.15) is 25.7 Å². The van der Waals surface area contributed by atoms with Crippen molar-refractivity contribution < 1.29 is 26.7 Å². The van der Waals surface area contributed by atoms with Crippen LogP contribution in [0.5, 0.6) is 0 Å². The smallest absolute Gasteiger partial charge is 0.387 e. The van der Waals surface area contributed by atoms with Gasteiger partial charge in [0.05, 0.1) is 11.4 Å². The number of hydrogen-bond acceptors (Lipinski definition) is 3. The molecule has 2 aliphatic rings. The van der Waals surface area contributed by atoms with Crippen molar-refractivity contribution in [2.45, 2.75) is 37.5 Å². The summed E-state index contributed by atoms with van der Waals surface area (Å²) in [5, 5.41) is 9.95. The van der Waals surface area contributed by atoms with Gasteiger partial charge in [-0.05, 0) is 25.2 Å². The van der Waals surface area contributed by atoms with E-state index in [9.17, 15) is 26.7 Å². The summed E-state index contributed by atoms with van der Waals surface area (Å²) < 4.78 is 60.2. The van der Waals surface area contributed by atoms with Gasteiger partial charge < -0.3 is 5.11 Å². The lowest BCUT2D eigenvalue weighted by molar-refractivity contribution is -0.134. The third kappa shape index (κ3) is 3.16. The minimum Gasteiger partial charge on any atom is -0.387 e. The molecule has 1 heterocycles. The molecule has 0 bridgehead atoms. The molecule has 0 unspecified atom stereocenters. The van der Waals surface area contributed by atoms with Crippen LogP contribution in [-0.4, -0.2) is 48.4 Å². The van der Waals surface area contributed by atoms with E-state index in [1.807, 2.05) is 0 Å². The third-order valence-electron chi connectivity index (χ3n) is 3.49. The van der Waals surface area contributed by atoms with E-state index in [1.165, 1.54) is 0 Å². The third-order valence-corrected chi connectivity index (χ3v) is 5.34. The quantitative estimate of drug-likeness (QED) is 0.824. The summed E-state index contributed by atoms with van der Waals surface area (Å²) in [6, 6.07) is 0. The molecular weight excluding hydrogens is 271 g/mol. The molecule has 4 nitrogen and oxygen atoms in total. The molecule has 1 N–H and O–H groups in total. The predicted molar refractivity (Wildman–Crippen MR) is 58.3 cm³/mol. The second kappa shape index (κ2) is 4.35. The van der Waals surface area contributed by atoms with Crippen LogP contribution in [0.15, 0.2) is 0 Å². The summed E-state index contributed by atoms with van der Waals surface area (Å²) in [6.07, 6.45) is -4.03. The molecule has 2 rings (SSSR count). The second-order valence-corrected chi connectivity index (χ2v) is 7.27. The van der Waals surface area contributed by atoms with Gasteiger partial charge >= 0.3 is 6.18 Å². The van der Waals surface area contributed by atoms with Crippen LogP contribution < -0.4 is 0 Å². The zero-order valence-electron chi connectivity index (χ0n) is 9.78. The largest absolute Gasteiger partial charge is 0.389 e. The monoisotopic (exact) mass is 287 g/mol. The van der Waals surface area contributed by atoms with Gasteiger partial charge in [-0.15, -0.1) is 0 Å². The predicted octanol–water partition coefficient (Wildman–Crippen LogP) is 1.12. The number of nitrogens with zero attached hydrogens (tertiary/aromatic N) is 1. The van der Waals surface area contributed by atoms with Crippen LogP contribution in [0.4, 0.5) is 13.2 Å². The minimum atomic E-state index is -4.32. The van der Waals surface area contributed by atoms with Gasteiger partial charge in [0.15, 0.2) is 0 Å². The topological polar surface area (TPSA) is 57.6 Å². The number of β-amino-alcohol motifs (C(OH)–C–C–N with tert-alkyl or cyclic N) is 1. The van der Waals surface area contributed by atoms with Crippen molar-refractivity contribution in [3.63, 3.8) is 0 Å². The maximum atomic E-state index is 11.9. The van der Waals surface area contributed by atoms with Crippen molar-refractivity contribution in [2.75, 3.05) is 18.8 Å². The Bertz CT molecular complexity index is 411. The van der Waals surface area contributed by atoms with E-state index in [4.69, 9.17) is 0 Å². The highest BCUT2D eigenvalue weighted by Gasteiger charge is 2.54. The second-order valence-electron chi connectivity index (χ2n) is 5.18. The molecule has 106 valence electrons. The molecule has 1 aliphatic heterocycles. The van der Waals surface area contributed by atoms with E-state index in [2.05, 4.69) is 0 Å². The minimum absolute atomic E-state index is 0.0337. The first-order valence-corrected chi connectivity index (χ1v) is 7.50. The molecule has 0 atom stereocenters. The SMILES string of the molecule is O=S(=O)(CCCC(F)(F)F)N1CC(O)(C2CC2)C1. The number of halogens is 3. The summed E-state index contributed by atoms with van der Waals surface area (Å²) in [4.78, 5) is 0. The van der Waals surface area contributed by atoms with Gasteiger partial charge in [0.1, 0.15) is 0 Å². The molecule has 1 aliphatic carbocycles. The fraction of sp³-hybridized carbons (Fsp3) is 1.00. The van der Waals surface area contributed by atoms with Gasteiger partial charge in [-0.3, -0.25) is 0 Å². The van der Waals surface area contributed by atoms with E-state index in [1.54, 1.807) is 0 Å². The molecule has 0 radical (unpaired) electrons. The number of sulfonamides is 1. The Kier molecular flexibility index (Phi) is 3.40. The fourth-order valence-electron chi connectivity index (χ4n) is 2.22. The Morgan fingerprint density at radius 3 is 2.28 bits per heavy atom. The lowest BCUT2D eigenvalue weighted by Crippen LogP contribution is -2.64. The van der Waals surface area contributed by atoms with E-state index >= 15 is 0 Å². The van der Waals surface area contributed by atoms with Gasteiger partial charge in [0, 0.05) is 19.5 Å². The van der Waals surface area contributed by atoms with E-state index in [0.29, 0.717) is 0 Å². The Balaban J connectivity index is 1.78. The van der Waals surface area contributed by atoms with Crippen LogP contribution in [0, 0.1) is 5.92 Å². The first-order chi connectivity index (χ1) is 8.12. The van der Waals surface area contributed by atoms with Crippen LogP contribution in [0.3, 0.4) is 0 Å². The van der Waals surface area contributed by atoms with E-state index in [-0.39, 0.29) is 19.0 Å². The molecule has 18 heavy (non-hydrogen) atoms. The molecule has 2 fully saturated rings. The van der Waals surface area contributed by atoms with E-state index < -0.39 is 40.4 Å². The van der Waals surface area contributed by atoms with E-state index in [0.717, 1.165) is 17.1 Å². The molecule has 0 spiro atoms. The van der Waals surface area contributed by atoms with Crippen LogP contribution in [0.2, 0.25) is 0 Å². The highest BCUT2D eigenvalue weighted by Crippen LogP contribution is 2.45. The summed E-state index contributed by atoms with van der Waals surface area (Å²) in [7, 11) is -3.65. The number of rotatable bonds is 5. The standard InChI is InChI=1S/C10H16F3NO3S/c11-10(12,13)4-1-5-18(16,17)14-6-9(15,7-14)8-2-3-8/h8,15H,1-7H2. The van der Waals surface area contributed by atoms with Crippen LogP contribution in [0.25, 0.3) is 0 Å². The molecule has 0 aromatic carbocycles. The van der Waals surface area contributed by atoms with Gasteiger partial charge in [-0.1, -0.05) is 0 Å². The molecule has 1 saturated carbocycles. The normalized spacial score (nSPS) is 24.9. The Morgan fingerprint density at radius 2 is 1.83 bits per heavy atom. The van der Waals surface area contributed by atoms with Crippen molar-refractivity contribution in [2.24, 2.45) is 5.92 Å². The van der Waals surface area contributed by atoms with Crippen molar-refractivity contribution in [3.05, 3.63) is 0 Å². The summed E-state index contributed by atoms with van der Waals surface area (Å²) in [6.45, 7) is 0.0675. The molecule has 0 aromatic heterocycles. The zero-order valence-corrected chi connectivity index (χ0v) is 10.6. The highest BCUT2D eigenvalue weighted by atomic mass is 32.2. The summed E-state index contributed by atoms with van der Waals surface area (Å²) >= 11 is 0. The van der Waals surface area contributed by atoms with Gasteiger partial charge in [-0.2, -0.15) is 17.5 Å². The average Bonchev–Trinajstić information content (AvgIpc) is 2.93. The lowest BCUT2D eigenvalue weighted by atomic mass is 9.91. The number of alkyl halides is 3. The maximum Gasteiger partial charge on any atom is 0.389 e. The maximum absolute atomic E-state index is 11.9. The summed E-state index contributed by atoms with van der Waals surface area (Å²) in [5.41, 5.74) is -0.933. The molecular formula is C10H16F3NO3S. The number of aliphatic hydroxyl groups is 1. The van der Waals surface area contributed by atoms with Crippen LogP contribution in [-0.2, 0) is 10.0 Å². The van der Waals surface area contributed by atoms with Crippen molar-refractivity contribution >= 4 is 10.0 Å².